The molecule has 0 spiro atoms. The van der Waals surface area contributed by atoms with Crippen molar-refractivity contribution < 1.29 is 9.84 Å². The number of thiophene rings is 1. The fourth-order valence-corrected chi connectivity index (χ4v) is 2.44. The molecule has 0 aliphatic carbocycles. The van der Waals surface area contributed by atoms with E-state index >= 15 is 0 Å². The van der Waals surface area contributed by atoms with E-state index in [-0.39, 0.29) is 6.61 Å². The molecule has 1 N–H and O–H groups in total. The van der Waals surface area contributed by atoms with Crippen LogP contribution in [0.5, 0.6) is 5.75 Å². The molecule has 0 saturated heterocycles. The first kappa shape index (κ1) is 14.4. The Morgan fingerprint density at radius 2 is 2.15 bits per heavy atom. The van der Waals surface area contributed by atoms with Gasteiger partial charge in [0.25, 0.3) is 0 Å². The molecule has 0 unspecified atom stereocenters. The zero-order valence-electron chi connectivity index (χ0n) is 11.6. The summed E-state index contributed by atoms with van der Waals surface area (Å²) in [5, 5.41) is 10.7. The number of aliphatic hydroxyl groups excluding tert-OH is 1. The summed E-state index contributed by atoms with van der Waals surface area (Å²) < 4.78 is 5.82. The molecule has 20 heavy (non-hydrogen) atoms. The molecule has 3 nitrogen and oxygen atoms in total. The highest BCUT2D eigenvalue weighted by molar-refractivity contribution is 7.10. The Hall–Kier alpha value is -1.96. The van der Waals surface area contributed by atoms with Gasteiger partial charge in [-0.25, -0.2) is 0 Å². The Labute approximate surface area is 123 Å². The van der Waals surface area contributed by atoms with Crippen LogP contribution in [0.1, 0.15) is 10.4 Å². The maximum absolute atomic E-state index is 8.74. The van der Waals surface area contributed by atoms with Gasteiger partial charge in [-0.3, -0.25) is 0 Å². The van der Waals surface area contributed by atoms with E-state index in [1.165, 1.54) is 0 Å². The molecule has 104 valence electrons. The summed E-state index contributed by atoms with van der Waals surface area (Å²) >= 11 is 1.61. The lowest BCUT2D eigenvalue weighted by Gasteiger charge is -2.13. The molecular formula is C16H17NO2S. The Bertz CT molecular complexity index is 623. The van der Waals surface area contributed by atoms with Crippen LogP contribution in [0.4, 0.5) is 5.69 Å². The van der Waals surface area contributed by atoms with E-state index in [0.29, 0.717) is 6.61 Å². The summed E-state index contributed by atoms with van der Waals surface area (Å²) in [5.41, 5.74) is 2.03. The van der Waals surface area contributed by atoms with E-state index in [4.69, 9.17) is 9.84 Å². The lowest BCUT2D eigenvalue weighted by Crippen LogP contribution is -2.08. The predicted octanol–water partition coefficient (Wildman–Crippen LogP) is 2.74. The third-order valence-electron chi connectivity index (χ3n) is 2.75. The summed E-state index contributed by atoms with van der Waals surface area (Å²) in [7, 11) is 4.00. The molecule has 1 aromatic carbocycles. The average molecular weight is 287 g/mol. The summed E-state index contributed by atoms with van der Waals surface area (Å²) in [4.78, 5) is 3.11. The van der Waals surface area contributed by atoms with Crippen molar-refractivity contribution in [1.82, 2.24) is 0 Å². The molecule has 0 fully saturated rings. The van der Waals surface area contributed by atoms with Crippen LogP contribution in [0.25, 0.3) is 0 Å². The molecule has 0 bridgehead atoms. The maximum Gasteiger partial charge on any atom is 0.124 e. The van der Waals surface area contributed by atoms with E-state index in [9.17, 15) is 0 Å². The van der Waals surface area contributed by atoms with Crippen LogP contribution < -0.4 is 9.64 Å². The van der Waals surface area contributed by atoms with Gasteiger partial charge in [-0.1, -0.05) is 17.9 Å². The van der Waals surface area contributed by atoms with Gasteiger partial charge in [0.05, 0.1) is 4.88 Å². The van der Waals surface area contributed by atoms with Crippen molar-refractivity contribution in [1.29, 1.82) is 0 Å². The average Bonchev–Trinajstić information content (AvgIpc) is 2.90. The summed E-state index contributed by atoms with van der Waals surface area (Å²) in [6.45, 7) is 0.366. The molecule has 0 atom stereocenters. The number of hydrogen-bond donors (Lipinski definition) is 1. The molecule has 1 heterocycles. The normalized spacial score (nSPS) is 9.75. The van der Waals surface area contributed by atoms with E-state index < -0.39 is 0 Å². The lowest BCUT2D eigenvalue weighted by molar-refractivity contribution is 0.309. The molecule has 2 aromatic rings. The number of ether oxygens (including phenoxy) is 1. The van der Waals surface area contributed by atoms with E-state index in [2.05, 4.69) is 11.8 Å². The highest BCUT2D eigenvalue weighted by Crippen LogP contribution is 2.22. The van der Waals surface area contributed by atoms with Crippen LogP contribution in [0.3, 0.4) is 0 Å². The number of hydrogen-bond acceptors (Lipinski definition) is 4. The minimum Gasteiger partial charge on any atom is -0.488 e. The van der Waals surface area contributed by atoms with Crippen molar-refractivity contribution in [3.8, 4) is 17.6 Å². The lowest BCUT2D eigenvalue weighted by atomic mass is 10.2. The number of anilines is 1. The molecule has 4 heteroatoms. The van der Waals surface area contributed by atoms with Crippen molar-refractivity contribution in [2.45, 2.75) is 6.61 Å². The van der Waals surface area contributed by atoms with Gasteiger partial charge in [0, 0.05) is 31.4 Å². The first-order chi connectivity index (χ1) is 9.70. The first-order valence-electron chi connectivity index (χ1n) is 6.27. The largest absolute Gasteiger partial charge is 0.488 e. The molecule has 0 saturated carbocycles. The summed E-state index contributed by atoms with van der Waals surface area (Å²) in [6.07, 6.45) is 0. The van der Waals surface area contributed by atoms with Gasteiger partial charge in [-0.15, -0.1) is 11.3 Å². The Balaban J connectivity index is 2.05. The highest BCUT2D eigenvalue weighted by Gasteiger charge is 2.04. The van der Waals surface area contributed by atoms with Crippen LogP contribution in [0.15, 0.2) is 35.7 Å². The van der Waals surface area contributed by atoms with Crippen molar-refractivity contribution in [2.75, 3.05) is 25.6 Å². The van der Waals surface area contributed by atoms with E-state index in [1.807, 2.05) is 54.7 Å². The Morgan fingerprint density at radius 3 is 2.90 bits per heavy atom. The fraction of sp³-hybridized carbons (Fsp3) is 0.250. The SMILES string of the molecule is CN(C)c1cccc(OCc2sccc2C#CCO)c1. The number of nitrogens with zero attached hydrogens (tertiary/aromatic N) is 1. The smallest absolute Gasteiger partial charge is 0.124 e. The second-order valence-corrected chi connectivity index (χ2v) is 5.40. The second-order valence-electron chi connectivity index (χ2n) is 4.40. The maximum atomic E-state index is 8.74. The molecule has 2 rings (SSSR count). The van der Waals surface area contributed by atoms with Crippen molar-refractivity contribution >= 4 is 17.0 Å². The highest BCUT2D eigenvalue weighted by atomic mass is 32.1. The molecule has 0 radical (unpaired) electrons. The van der Waals surface area contributed by atoms with Gasteiger partial charge < -0.3 is 14.7 Å². The molecule has 0 aliphatic rings. The van der Waals surface area contributed by atoms with Crippen molar-refractivity contribution in [3.63, 3.8) is 0 Å². The minimum atomic E-state index is -0.124. The van der Waals surface area contributed by atoms with E-state index in [0.717, 1.165) is 21.9 Å². The Kier molecular flexibility index (Phi) is 5.05. The van der Waals surface area contributed by atoms with Crippen LogP contribution in [0, 0.1) is 11.8 Å². The second kappa shape index (κ2) is 6.99. The molecule has 0 aliphatic heterocycles. The van der Waals surface area contributed by atoms with Crippen LogP contribution in [-0.2, 0) is 6.61 Å². The van der Waals surface area contributed by atoms with Gasteiger partial charge in [-0.2, -0.15) is 0 Å². The standard InChI is InChI=1S/C16H17NO2S/c1-17(2)14-6-3-7-15(11-14)19-12-16-13(5-4-9-18)8-10-20-16/h3,6-8,10-11,18H,9,12H2,1-2H3. The molecule has 1 aromatic heterocycles. The van der Waals surface area contributed by atoms with Crippen LogP contribution in [-0.4, -0.2) is 25.8 Å². The van der Waals surface area contributed by atoms with Gasteiger partial charge in [-0.05, 0) is 23.6 Å². The summed E-state index contributed by atoms with van der Waals surface area (Å²) in [5.74, 6) is 6.43. The predicted molar refractivity (Wildman–Crippen MR) is 83.4 cm³/mol. The van der Waals surface area contributed by atoms with Gasteiger partial charge in [0.1, 0.15) is 19.0 Å². The minimum absolute atomic E-state index is 0.124. The quantitative estimate of drug-likeness (QED) is 0.878. The number of aliphatic hydroxyl groups is 1. The van der Waals surface area contributed by atoms with Crippen LogP contribution >= 0.6 is 11.3 Å². The third kappa shape index (κ3) is 3.77. The van der Waals surface area contributed by atoms with Crippen molar-refractivity contribution in [3.05, 3.63) is 46.2 Å². The van der Waals surface area contributed by atoms with Gasteiger partial charge in [0.2, 0.25) is 0 Å². The van der Waals surface area contributed by atoms with Crippen LogP contribution in [0.2, 0.25) is 0 Å². The summed E-state index contributed by atoms with van der Waals surface area (Å²) in [6, 6.07) is 9.91. The van der Waals surface area contributed by atoms with Gasteiger partial charge in [0.15, 0.2) is 0 Å². The zero-order chi connectivity index (χ0) is 14.4. The molecule has 0 amide bonds. The Morgan fingerprint density at radius 1 is 1.30 bits per heavy atom. The monoisotopic (exact) mass is 287 g/mol. The number of rotatable bonds is 4. The van der Waals surface area contributed by atoms with E-state index in [1.54, 1.807) is 11.3 Å². The van der Waals surface area contributed by atoms with Crippen molar-refractivity contribution in [2.24, 2.45) is 0 Å². The third-order valence-corrected chi connectivity index (χ3v) is 3.65. The topological polar surface area (TPSA) is 32.7 Å². The number of benzene rings is 1. The molecular weight excluding hydrogens is 270 g/mol. The first-order valence-corrected chi connectivity index (χ1v) is 7.15. The fourth-order valence-electron chi connectivity index (χ4n) is 1.70. The zero-order valence-corrected chi connectivity index (χ0v) is 12.4. The van der Waals surface area contributed by atoms with Gasteiger partial charge >= 0.3 is 0 Å².